The van der Waals surface area contributed by atoms with E-state index in [-0.39, 0.29) is 11.4 Å². The summed E-state index contributed by atoms with van der Waals surface area (Å²) in [5.41, 5.74) is 0.702. The number of likely N-dealkylation sites (N-methyl/N-ethyl adjacent to an activating group) is 1. The molecule has 41 heavy (non-hydrogen) atoms. The molecule has 2 amide bonds. The van der Waals surface area contributed by atoms with Crippen LogP contribution in [0.4, 0.5) is 18.9 Å². The van der Waals surface area contributed by atoms with E-state index in [1.807, 2.05) is 19.1 Å². The van der Waals surface area contributed by atoms with Crippen molar-refractivity contribution in [2.75, 3.05) is 17.4 Å². The molecule has 3 rings (SSSR count). The summed E-state index contributed by atoms with van der Waals surface area (Å²) in [6.07, 6.45) is -4.87. The van der Waals surface area contributed by atoms with Crippen molar-refractivity contribution in [3.8, 4) is 0 Å². The van der Waals surface area contributed by atoms with Crippen LogP contribution in [0.1, 0.15) is 36.1 Å². The van der Waals surface area contributed by atoms with E-state index in [1.54, 1.807) is 26.0 Å². The molecule has 0 radical (unpaired) electrons. The maximum atomic E-state index is 13.8. The van der Waals surface area contributed by atoms with Gasteiger partial charge in [-0.05, 0) is 63.6 Å². The first-order valence-corrected chi connectivity index (χ1v) is 14.6. The number of halogens is 4. The Bertz CT molecular complexity index is 1510. The standard InChI is InChI=1S/C29H31ClF3N3O4S/c1-5-34-28(38)21(4)35(17-22-8-6-7-20(3)15-22)27(37)18-36(41(39,40)24-12-9-19(2)10-13-24)23-11-14-26(30)25(16-23)29(31,32)33/h6-16,21H,5,17-18H2,1-4H3,(H,34,38)/t21-/m1/s1. The SMILES string of the molecule is CCNC(=O)[C@@H](C)N(Cc1cccc(C)c1)C(=O)CN(c1ccc(Cl)c(C(F)(F)F)c1)S(=O)(=O)c1ccc(C)cc1. The summed E-state index contributed by atoms with van der Waals surface area (Å²) in [6, 6.07) is 14.5. The topological polar surface area (TPSA) is 86.8 Å². The second-order valence-electron chi connectivity index (χ2n) is 9.57. The molecule has 0 aromatic heterocycles. The van der Waals surface area contributed by atoms with Gasteiger partial charge in [0.2, 0.25) is 11.8 Å². The van der Waals surface area contributed by atoms with Crippen LogP contribution in [0.5, 0.6) is 0 Å². The molecule has 0 saturated carbocycles. The second-order valence-corrected chi connectivity index (χ2v) is 11.8. The van der Waals surface area contributed by atoms with Crippen molar-refractivity contribution in [2.45, 2.75) is 51.4 Å². The quantitative estimate of drug-likeness (QED) is 0.318. The third-order valence-electron chi connectivity index (χ3n) is 6.38. The van der Waals surface area contributed by atoms with Gasteiger partial charge in [0.25, 0.3) is 10.0 Å². The van der Waals surface area contributed by atoms with Gasteiger partial charge in [-0.2, -0.15) is 13.2 Å². The van der Waals surface area contributed by atoms with Crippen molar-refractivity contribution in [1.29, 1.82) is 0 Å². The molecule has 0 aliphatic heterocycles. The second kappa shape index (κ2) is 12.9. The molecular weight excluding hydrogens is 579 g/mol. The molecule has 1 atom stereocenters. The number of carbonyl (C=O) groups excluding carboxylic acids is 2. The highest BCUT2D eigenvalue weighted by Crippen LogP contribution is 2.38. The van der Waals surface area contributed by atoms with Crippen LogP contribution in [0.3, 0.4) is 0 Å². The Kier molecular flexibility index (Phi) is 10.1. The number of nitrogens with zero attached hydrogens (tertiary/aromatic N) is 2. The van der Waals surface area contributed by atoms with E-state index in [2.05, 4.69) is 5.32 Å². The van der Waals surface area contributed by atoms with Crippen molar-refractivity contribution in [2.24, 2.45) is 0 Å². The van der Waals surface area contributed by atoms with Crippen LogP contribution in [-0.2, 0) is 32.3 Å². The van der Waals surface area contributed by atoms with Crippen LogP contribution >= 0.6 is 11.6 Å². The molecule has 12 heteroatoms. The first-order chi connectivity index (χ1) is 19.1. The number of benzene rings is 3. The highest BCUT2D eigenvalue weighted by atomic mass is 35.5. The molecule has 0 unspecified atom stereocenters. The molecule has 0 spiro atoms. The number of hydrogen-bond acceptors (Lipinski definition) is 4. The van der Waals surface area contributed by atoms with Gasteiger partial charge in [0.05, 0.1) is 21.2 Å². The monoisotopic (exact) mass is 609 g/mol. The van der Waals surface area contributed by atoms with Crippen molar-refractivity contribution in [3.05, 3.63) is 94.0 Å². The lowest BCUT2D eigenvalue weighted by Crippen LogP contribution is -2.51. The lowest BCUT2D eigenvalue weighted by atomic mass is 10.1. The lowest BCUT2D eigenvalue weighted by molar-refractivity contribution is -0.139. The van der Waals surface area contributed by atoms with Gasteiger partial charge >= 0.3 is 6.18 Å². The van der Waals surface area contributed by atoms with Crippen molar-refractivity contribution < 1.29 is 31.2 Å². The zero-order chi connectivity index (χ0) is 30.5. The minimum absolute atomic E-state index is 0.0361. The number of anilines is 1. The minimum Gasteiger partial charge on any atom is -0.355 e. The summed E-state index contributed by atoms with van der Waals surface area (Å²) >= 11 is 5.79. The maximum absolute atomic E-state index is 13.8. The van der Waals surface area contributed by atoms with Crippen LogP contribution in [0.15, 0.2) is 71.6 Å². The van der Waals surface area contributed by atoms with E-state index in [4.69, 9.17) is 11.6 Å². The van der Waals surface area contributed by atoms with Gasteiger partial charge in [-0.3, -0.25) is 13.9 Å². The van der Waals surface area contributed by atoms with E-state index in [1.165, 1.54) is 36.1 Å². The molecule has 0 bridgehead atoms. The molecule has 220 valence electrons. The Morgan fingerprint density at radius 3 is 2.22 bits per heavy atom. The predicted octanol–water partition coefficient (Wildman–Crippen LogP) is 5.72. The highest BCUT2D eigenvalue weighted by Gasteiger charge is 2.37. The molecule has 7 nitrogen and oxygen atoms in total. The smallest absolute Gasteiger partial charge is 0.355 e. The van der Waals surface area contributed by atoms with Crippen LogP contribution < -0.4 is 9.62 Å². The third kappa shape index (κ3) is 7.80. The molecular formula is C29H31ClF3N3O4S. The number of rotatable bonds is 10. The fraction of sp³-hybridized carbons (Fsp3) is 0.310. The Morgan fingerprint density at radius 2 is 1.63 bits per heavy atom. The normalized spacial score (nSPS) is 12.5. The van der Waals surface area contributed by atoms with Gasteiger partial charge in [0, 0.05) is 13.1 Å². The van der Waals surface area contributed by atoms with Gasteiger partial charge in [-0.15, -0.1) is 0 Å². The van der Waals surface area contributed by atoms with E-state index in [0.29, 0.717) is 22.5 Å². The fourth-order valence-electron chi connectivity index (χ4n) is 4.16. The largest absolute Gasteiger partial charge is 0.417 e. The molecule has 3 aromatic carbocycles. The number of nitrogens with one attached hydrogen (secondary N) is 1. The number of hydrogen-bond donors (Lipinski definition) is 1. The Labute approximate surface area is 243 Å². The van der Waals surface area contributed by atoms with Gasteiger partial charge in [0.15, 0.2) is 0 Å². The molecule has 0 aliphatic carbocycles. The molecule has 1 N–H and O–H groups in total. The van der Waals surface area contributed by atoms with E-state index in [0.717, 1.165) is 23.3 Å². The van der Waals surface area contributed by atoms with Gasteiger partial charge < -0.3 is 10.2 Å². The molecule has 0 saturated heterocycles. The fourth-order valence-corrected chi connectivity index (χ4v) is 5.79. The minimum atomic E-state index is -4.87. The van der Waals surface area contributed by atoms with E-state index < -0.39 is 56.9 Å². The van der Waals surface area contributed by atoms with Crippen molar-refractivity contribution in [3.63, 3.8) is 0 Å². The van der Waals surface area contributed by atoms with Crippen LogP contribution in [-0.4, -0.2) is 44.3 Å². The summed E-state index contributed by atoms with van der Waals surface area (Å²) in [5, 5.41) is 2.03. The van der Waals surface area contributed by atoms with Crippen molar-refractivity contribution >= 4 is 39.1 Å². The summed E-state index contributed by atoms with van der Waals surface area (Å²) in [5.74, 6) is -1.25. The molecule has 0 heterocycles. The maximum Gasteiger partial charge on any atom is 0.417 e. The Balaban J connectivity index is 2.13. The van der Waals surface area contributed by atoms with Crippen LogP contribution in [0.2, 0.25) is 5.02 Å². The third-order valence-corrected chi connectivity index (χ3v) is 8.50. The lowest BCUT2D eigenvalue weighted by Gasteiger charge is -2.32. The summed E-state index contributed by atoms with van der Waals surface area (Å²) in [4.78, 5) is 27.6. The number of sulfonamides is 1. The molecule has 0 aliphatic rings. The van der Waals surface area contributed by atoms with Gasteiger partial charge in [0.1, 0.15) is 12.6 Å². The zero-order valence-corrected chi connectivity index (χ0v) is 24.6. The number of alkyl halides is 3. The summed E-state index contributed by atoms with van der Waals surface area (Å²) in [6.45, 7) is 6.22. The van der Waals surface area contributed by atoms with Crippen LogP contribution in [0, 0.1) is 13.8 Å². The Morgan fingerprint density at radius 1 is 0.976 bits per heavy atom. The average Bonchev–Trinajstić information content (AvgIpc) is 2.90. The first-order valence-electron chi connectivity index (χ1n) is 12.7. The van der Waals surface area contributed by atoms with Crippen LogP contribution in [0.25, 0.3) is 0 Å². The predicted molar refractivity (Wildman–Crippen MR) is 152 cm³/mol. The number of carbonyl (C=O) groups is 2. The number of amides is 2. The van der Waals surface area contributed by atoms with E-state index in [9.17, 15) is 31.2 Å². The molecule has 0 fully saturated rings. The van der Waals surface area contributed by atoms with Crippen molar-refractivity contribution in [1.82, 2.24) is 10.2 Å². The average molecular weight is 610 g/mol. The summed E-state index contributed by atoms with van der Waals surface area (Å²) in [7, 11) is -4.54. The molecule has 3 aromatic rings. The van der Waals surface area contributed by atoms with E-state index >= 15 is 0 Å². The number of aryl methyl sites for hydroxylation is 2. The Hall–Kier alpha value is -3.57. The van der Waals surface area contributed by atoms with Gasteiger partial charge in [-0.25, -0.2) is 8.42 Å². The first kappa shape index (κ1) is 32.0. The highest BCUT2D eigenvalue weighted by molar-refractivity contribution is 7.92. The van der Waals surface area contributed by atoms with Gasteiger partial charge in [-0.1, -0.05) is 59.1 Å². The summed E-state index contributed by atoms with van der Waals surface area (Å²) < 4.78 is 69.4. The zero-order valence-electron chi connectivity index (χ0n) is 23.0.